The molecule has 0 aliphatic heterocycles. The van der Waals surface area contributed by atoms with Gasteiger partial charge in [-0.05, 0) is 56.0 Å². The van der Waals surface area contributed by atoms with Crippen molar-refractivity contribution in [3.8, 4) is 0 Å². The van der Waals surface area contributed by atoms with Crippen LogP contribution in [0.3, 0.4) is 0 Å². The molecule has 18 heavy (non-hydrogen) atoms. The summed E-state index contributed by atoms with van der Waals surface area (Å²) >= 11 is 8.75. The van der Waals surface area contributed by atoms with E-state index in [1.807, 2.05) is 12.3 Å². The zero-order valence-electron chi connectivity index (χ0n) is 10.0. The molecule has 1 N–H and O–H groups in total. The molecule has 5 heteroatoms. The number of nitrogens with one attached hydrogen (secondary N) is 1. The van der Waals surface area contributed by atoms with E-state index in [-0.39, 0.29) is 0 Å². The Morgan fingerprint density at radius 3 is 2.83 bits per heavy atom. The van der Waals surface area contributed by atoms with Crippen LogP contribution in [0, 0.1) is 0 Å². The average molecular weight is 390 g/mol. The number of hydrogen-bond acceptors (Lipinski definition) is 3. The molecular weight excluding hydrogens is 376 g/mol. The largest absolute Gasteiger partial charge is 0.306 e. The van der Waals surface area contributed by atoms with Crippen LogP contribution in [0.4, 0.5) is 0 Å². The van der Waals surface area contributed by atoms with Gasteiger partial charge in [-0.15, -0.1) is 11.3 Å². The van der Waals surface area contributed by atoms with Crippen LogP contribution in [0.5, 0.6) is 0 Å². The van der Waals surface area contributed by atoms with Gasteiger partial charge in [-0.1, -0.05) is 13.0 Å². The number of pyridine rings is 1. The maximum absolute atomic E-state index is 4.43. The van der Waals surface area contributed by atoms with E-state index in [0.29, 0.717) is 0 Å². The van der Waals surface area contributed by atoms with Gasteiger partial charge in [0.2, 0.25) is 0 Å². The quantitative estimate of drug-likeness (QED) is 0.812. The summed E-state index contributed by atoms with van der Waals surface area (Å²) in [7, 11) is 0. The lowest BCUT2D eigenvalue weighted by Crippen LogP contribution is -2.14. The second-order valence-electron chi connectivity index (χ2n) is 3.90. The van der Waals surface area contributed by atoms with Gasteiger partial charge in [-0.25, -0.2) is 0 Å². The van der Waals surface area contributed by atoms with Crippen LogP contribution in [-0.2, 0) is 19.5 Å². The van der Waals surface area contributed by atoms with E-state index in [2.05, 4.69) is 61.2 Å². The van der Waals surface area contributed by atoms with Crippen molar-refractivity contribution in [2.24, 2.45) is 0 Å². The predicted molar refractivity (Wildman–Crippen MR) is 83.9 cm³/mol. The molecule has 0 aliphatic carbocycles. The molecule has 0 saturated carbocycles. The highest BCUT2D eigenvalue weighted by Crippen LogP contribution is 2.32. The Labute approximate surface area is 128 Å². The van der Waals surface area contributed by atoms with E-state index in [4.69, 9.17) is 0 Å². The fraction of sp³-hybridized carbons (Fsp3) is 0.308. The van der Waals surface area contributed by atoms with Crippen LogP contribution >= 0.6 is 43.2 Å². The summed E-state index contributed by atoms with van der Waals surface area (Å²) in [4.78, 5) is 5.73. The summed E-state index contributed by atoms with van der Waals surface area (Å²) in [5.74, 6) is 0. The zero-order chi connectivity index (χ0) is 13.0. The molecule has 0 bridgehead atoms. The van der Waals surface area contributed by atoms with Crippen molar-refractivity contribution in [1.82, 2.24) is 10.3 Å². The summed E-state index contributed by atoms with van der Waals surface area (Å²) < 4.78 is 2.27. The standard InChI is InChI=1S/C13H14Br2N2S/c1-2-9-4-3-5-17-12(9)8-16-7-10-6-11(14)13(15)18-10/h3-6,16H,2,7-8H2,1H3. The third kappa shape index (κ3) is 3.63. The van der Waals surface area contributed by atoms with Gasteiger partial charge >= 0.3 is 0 Å². The normalized spacial score (nSPS) is 10.8. The molecule has 2 rings (SSSR count). The van der Waals surface area contributed by atoms with E-state index < -0.39 is 0 Å². The van der Waals surface area contributed by atoms with Crippen LogP contribution in [0.1, 0.15) is 23.1 Å². The minimum absolute atomic E-state index is 0.817. The van der Waals surface area contributed by atoms with Crippen molar-refractivity contribution in [2.75, 3.05) is 0 Å². The maximum atomic E-state index is 4.43. The molecule has 96 valence electrons. The van der Waals surface area contributed by atoms with Crippen molar-refractivity contribution >= 4 is 43.2 Å². The van der Waals surface area contributed by atoms with E-state index in [1.165, 1.54) is 10.4 Å². The molecule has 0 spiro atoms. The molecule has 0 amide bonds. The van der Waals surface area contributed by atoms with Crippen molar-refractivity contribution in [3.05, 3.63) is 48.8 Å². The van der Waals surface area contributed by atoms with Gasteiger partial charge in [0.15, 0.2) is 0 Å². The van der Waals surface area contributed by atoms with Gasteiger partial charge in [-0.2, -0.15) is 0 Å². The second kappa shape index (κ2) is 6.80. The topological polar surface area (TPSA) is 24.9 Å². The summed E-state index contributed by atoms with van der Waals surface area (Å²) in [6.45, 7) is 3.85. The fourth-order valence-electron chi connectivity index (χ4n) is 1.73. The highest BCUT2D eigenvalue weighted by molar-refractivity contribution is 9.13. The SMILES string of the molecule is CCc1cccnc1CNCc1cc(Br)c(Br)s1. The zero-order valence-corrected chi connectivity index (χ0v) is 14.0. The molecule has 2 aromatic rings. The minimum Gasteiger partial charge on any atom is -0.306 e. The number of aryl methyl sites for hydroxylation is 1. The van der Waals surface area contributed by atoms with Crippen molar-refractivity contribution in [2.45, 2.75) is 26.4 Å². The monoisotopic (exact) mass is 388 g/mol. The van der Waals surface area contributed by atoms with Crippen LogP contribution in [0.2, 0.25) is 0 Å². The fourth-order valence-corrected chi connectivity index (χ4v) is 3.88. The summed E-state index contributed by atoms with van der Waals surface area (Å²) in [6, 6.07) is 6.28. The first-order valence-corrected chi connectivity index (χ1v) is 8.18. The Hall–Kier alpha value is -0.230. The summed E-state index contributed by atoms with van der Waals surface area (Å²) in [5.41, 5.74) is 2.47. The van der Waals surface area contributed by atoms with Crippen molar-refractivity contribution < 1.29 is 0 Å². The van der Waals surface area contributed by atoms with Gasteiger partial charge < -0.3 is 5.32 Å². The lowest BCUT2D eigenvalue weighted by Gasteiger charge is -2.07. The molecule has 2 heterocycles. The molecule has 0 aromatic carbocycles. The number of aromatic nitrogens is 1. The first kappa shape index (κ1) is 14.2. The Bertz CT molecular complexity index is 506. The lowest BCUT2D eigenvalue weighted by molar-refractivity contribution is 0.680. The lowest BCUT2D eigenvalue weighted by atomic mass is 10.1. The third-order valence-electron chi connectivity index (χ3n) is 2.65. The summed E-state index contributed by atoms with van der Waals surface area (Å²) in [6.07, 6.45) is 2.88. The number of rotatable bonds is 5. The Morgan fingerprint density at radius 1 is 1.33 bits per heavy atom. The number of thiophene rings is 1. The van der Waals surface area contributed by atoms with Crippen molar-refractivity contribution in [1.29, 1.82) is 0 Å². The molecule has 0 aliphatic rings. The van der Waals surface area contributed by atoms with Crippen molar-refractivity contribution in [3.63, 3.8) is 0 Å². The predicted octanol–water partition coefficient (Wildman–Crippen LogP) is 4.52. The smallest absolute Gasteiger partial charge is 0.0843 e. The van der Waals surface area contributed by atoms with E-state index in [1.54, 1.807) is 11.3 Å². The van der Waals surface area contributed by atoms with Gasteiger partial charge in [0.05, 0.1) is 9.48 Å². The van der Waals surface area contributed by atoms with E-state index in [9.17, 15) is 0 Å². The first-order valence-electron chi connectivity index (χ1n) is 5.78. The number of halogens is 2. The molecule has 2 aromatic heterocycles. The summed E-state index contributed by atoms with van der Waals surface area (Å²) in [5, 5.41) is 3.44. The molecule has 0 atom stereocenters. The van der Waals surface area contributed by atoms with E-state index >= 15 is 0 Å². The maximum Gasteiger partial charge on any atom is 0.0843 e. The Balaban J connectivity index is 1.92. The number of hydrogen-bond donors (Lipinski definition) is 1. The average Bonchev–Trinajstić information content (AvgIpc) is 2.69. The van der Waals surface area contributed by atoms with Crippen LogP contribution in [0.25, 0.3) is 0 Å². The molecule has 2 nitrogen and oxygen atoms in total. The Morgan fingerprint density at radius 2 is 2.17 bits per heavy atom. The van der Waals surface area contributed by atoms with Crippen LogP contribution in [-0.4, -0.2) is 4.98 Å². The third-order valence-corrected chi connectivity index (χ3v) is 5.91. The van der Waals surface area contributed by atoms with Crippen LogP contribution in [0.15, 0.2) is 32.7 Å². The Kier molecular flexibility index (Phi) is 5.36. The molecule has 0 fully saturated rings. The first-order chi connectivity index (χ1) is 8.70. The highest BCUT2D eigenvalue weighted by atomic mass is 79.9. The van der Waals surface area contributed by atoms with Gasteiger partial charge in [0.25, 0.3) is 0 Å². The van der Waals surface area contributed by atoms with E-state index in [0.717, 1.165) is 33.5 Å². The molecule has 0 saturated heterocycles. The molecule has 0 unspecified atom stereocenters. The van der Waals surface area contributed by atoms with Crippen LogP contribution < -0.4 is 5.32 Å². The second-order valence-corrected chi connectivity index (χ2v) is 7.21. The molecular formula is C13H14Br2N2S. The van der Waals surface area contributed by atoms with Gasteiger partial charge in [0.1, 0.15) is 0 Å². The highest BCUT2D eigenvalue weighted by Gasteiger charge is 2.05. The number of nitrogens with zero attached hydrogens (tertiary/aromatic N) is 1. The minimum atomic E-state index is 0.817. The molecule has 0 radical (unpaired) electrons. The van der Waals surface area contributed by atoms with Gasteiger partial charge in [0, 0.05) is 28.6 Å². The van der Waals surface area contributed by atoms with Gasteiger partial charge in [-0.3, -0.25) is 4.98 Å².